The largest absolute Gasteiger partial charge is 0.496 e. The van der Waals surface area contributed by atoms with Crippen molar-refractivity contribution < 1.29 is 13.9 Å². The molecule has 0 aliphatic carbocycles. The summed E-state index contributed by atoms with van der Waals surface area (Å²) in [6.07, 6.45) is 4.48. The molecule has 4 rings (SSSR count). The maximum atomic E-state index is 14.5. The molecule has 0 unspecified atom stereocenters. The monoisotopic (exact) mass is 407 g/mol. The van der Waals surface area contributed by atoms with Crippen LogP contribution in [0.3, 0.4) is 0 Å². The summed E-state index contributed by atoms with van der Waals surface area (Å²) in [7, 11) is 3.09. The van der Waals surface area contributed by atoms with E-state index < -0.39 is 0 Å². The van der Waals surface area contributed by atoms with Gasteiger partial charge < -0.3 is 9.47 Å². The normalized spacial score (nSPS) is 11.1. The lowest BCUT2D eigenvalue weighted by atomic mass is 10.0. The van der Waals surface area contributed by atoms with Gasteiger partial charge in [0.25, 0.3) is 0 Å². The number of aromatic nitrogens is 5. The lowest BCUT2D eigenvalue weighted by Crippen LogP contribution is -2.04. The third kappa shape index (κ3) is 3.56. The molecule has 0 aliphatic rings. The molecule has 0 amide bonds. The molecule has 0 fully saturated rings. The van der Waals surface area contributed by atoms with Crippen molar-refractivity contribution >= 4 is 5.65 Å². The smallest absolute Gasteiger partial charge is 0.316 e. The lowest BCUT2D eigenvalue weighted by Gasteiger charge is -2.13. The Bertz CT molecular complexity index is 1220. The van der Waals surface area contributed by atoms with Crippen LogP contribution in [0, 0.1) is 19.7 Å². The van der Waals surface area contributed by atoms with Crippen LogP contribution in [-0.4, -0.2) is 38.8 Å². The van der Waals surface area contributed by atoms with E-state index in [4.69, 9.17) is 9.47 Å². The number of ether oxygens (including phenoxy) is 2. The minimum Gasteiger partial charge on any atom is -0.496 e. The van der Waals surface area contributed by atoms with Crippen LogP contribution in [0.1, 0.15) is 22.5 Å². The molecule has 4 aromatic rings. The van der Waals surface area contributed by atoms with Crippen molar-refractivity contribution in [1.29, 1.82) is 0 Å². The van der Waals surface area contributed by atoms with Crippen molar-refractivity contribution in [3.8, 4) is 22.9 Å². The number of methoxy groups -OCH3 is 2. The Morgan fingerprint density at radius 1 is 1.03 bits per heavy atom. The number of aryl methyl sites for hydroxylation is 3. The summed E-state index contributed by atoms with van der Waals surface area (Å²) in [5.74, 6) is 0.310. The Morgan fingerprint density at radius 3 is 2.60 bits per heavy atom. The number of hydrogen-bond donors (Lipinski definition) is 0. The molecule has 0 saturated heterocycles. The molecule has 1 aromatic carbocycles. The zero-order valence-corrected chi connectivity index (χ0v) is 17.3. The van der Waals surface area contributed by atoms with Crippen molar-refractivity contribution in [2.24, 2.45) is 0 Å². The fraction of sp³-hybridized carbons (Fsp3) is 0.273. The maximum absolute atomic E-state index is 14.5. The zero-order valence-electron chi connectivity index (χ0n) is 17.3. The van der Waals surface area contributed by atoms with Crippen LogP contribution in [0.2, 0.25) is 0 Å². The highest BCUT2D eigenvalue weighted by atomic mass is 19.1. The molecular formula is C22H22FN5O2. The van der Waals surface area contributed by atoms with Gasteiger partial charge in [-0.2, -0.15) is 4.98 Å². The molecular weight excluding hydrogens is 385 g/mol. The first kappa shape index (κ1) is 19.8. The van der Waals surface area contributed by atoms with E-state index in [0.717, 1.165) is 28.1 Å². The molecule has 0 saturated carbocycles. The van der Waals surface area contributed by atoms with Crippen molar-refractivity contribution in [3.05, 3.63) is 65.1 Å². The summed E-state index contributed by atoms with van der Waals surface area (Å²) in [4.78, 5) is 8.56. The van der Waals surface area contributed by atoms with Gasteiger partial charge >= 0.3 is 6.01 Å². The van der Waals surface area contributed by atoms with E-state index in [9.17, 15) is 4.39 Å². The van der Waals surface area contributed by atoms with Gasteiger partial charge in [0.2, 0.25) is 0 Å². The number of benzene rings is 1. The van der Waals surface area contributed by atoms with Gasteiger partial charge in [0, 0.05) is 28.6 Å². The molecule has 30 heavy (non-hydrogen) atoms. The van der Waals surface area contributed by atoms with Crippen LogP contribution in [0.5, 0.6) is 11.8 Å². The molecule has 3 heterocycles. The Balaban J connectivity index is 1.69. The summed E-state index contributed by atoms with van der Waals surface area (Å²) in [5, 5.41) is 8.36. The van der Waals surface area contributed by atoms with Crippen LogP contribution < -0.4 is 9.47 Å². The van der Waals surface area contributed by atoms with Gasteiger partial charge in [0.15, 0.2) is 5.65 Å². The minimum absolute atomic E-state index is 0.255. The van der Waals surface area contributed by atoms with E-state index in [2.05, 4.69) is 20.2 Å². The number of pyridine rings is 1. The van der Waals surface area contributed by atoms with Gasteiger partial charge in [-0.05, 0) is 56.5 Å². The Labute approximate surface area is 173 Å². The number of rotatable bonds is 6. The van der Waals surface area contributed by atoms with Gasteiger partial charge in [-0.25, -0.2) is 9.37 Å². The first-order chi connectivity index (χ1) is 14.5. The SMILES string of the molecule is COc1ncc(-c2ccc(CCc3c(F)cc(C)cc3OC)n3cnnc23)c(C)n1. The molecule has 3 aromatic heterocycles. The fourth-order valence-electron chi connectivity index (χ4n) is 3.60. The molecule has 0 atom stereocenters. The molecule has 7 nitrogen and oxygen atoms in total. The van der Waals surface area contributed by atoms with Crippen LogP contribution in [-0.2, 0) is 12.8 Å². The van der Waals surface area contributed by atoms with Crippen LogP contribution in [0.25, 0.3) is 16.8 Å². The highest BCUT2D eigenvalue weighted by Crippen LogP contribution is 2.29. The summed E-state index contributed by atoms with van der Waals surface area (Å²) in [6, 6.07) is 7.66. The molecule has 0 bridgehead atoms. The lowest BCUT2D eigenvalue weighted by molar-refractivity contribution is 0.379. The van der Waals surface area contributed by atoms with Crippen molar-refractivity contribution in [2.75, 3.05) is 14.2 Å². The second kappa shape index (κ2) is 8.06. The Morgan fingerprint density at radius 2 is 1.87 bits per heavy atom. The Hall–Kier alpha value is -3.55. The number of halogens is 1. The predicted molar refractivity (Wildman–Crippen MR) is 110 cm³/mol. The van der Waals surface area contributed by atoms with E-state index in [-0.39, 0.29) is 5.82 Å². The van der Waals surface area contributed by atoms with Crippen LogP contribution >= 0.6 is 0 Å². The third-order valence-electron chi connectivity index (χ3n) is 5.12. The summed E-state index contributed by atoms with van der Waals surface area (Å²) >= 11 is 0. The molecule has 0 radical (unpaired) electrons. The van der Waals surface area contributed by atoms with Crippen molar-refractivity contribution in [2.45, 2.75) is 26.7 Å². The van der Waals surface area contributed by atoms with E-state index >= 15 is 0 Å². The van der Waals surface area contributed by atoms with E-state index in [1.54, 1.807) is 19.6 Å². The molecule has 0 spiro atoms. The average Bonchev–Trinajstić information content (AvgIpc) is 3.23. The average molecular weight is 407 g/mol. The van der Waals surface area contributed by atoms with E-state index in [0.29, 0.717) is 35.8 Å². The van der Waals surface area contributed by atoms with Crippen molar-refractivity contribution in [1.82, 2.24) is 24.6 Å². The fourth-order valence-corrected chi connectivity index (χ4v) is 3.60. The zero-order chi connectivity index (χ0) is 21.3. The first-order valence-electron chi connectivity index (χ1n) is 9.54. The van der Waals surface area contributed by atoms with Crippen LogP contribution in [0.15, 0.2) is 36.8 Å². The van der Waals surface area contributed by atoms with Gasteiger partial charge in [-0.1, -0.05) is 0 Å². The highest BCUT2D eigenvalue weighted by molar-refractivity contribution is 5.78. The third-order valence-corrected chi connectivity index (χ3v) is 5.12. The second-order valence-electron chi connectivity index (χ2n) is 7.05. The van der Waals surface area contributed by atoms with E-state index in [1.807, 2.05) is 36.4 Å². The number of fused-ring (bicyclic) bond motifs is 1. The predicted octanol–water partition coefficient (Wildman–Crippen LogP) is 3.74. The summed E-state index contributed by atoms with van der Waals surface area (Å²) in [6.45, 7) is 3.74. The van der Waals surface area contributed by atoms with E-state index in [1.165, 1.54) is 13.2 Å². The number of hydrogen-bond acceptors (Lipinski definition) is 6. The summed E-state index contributed by atoms with van der Waals surface area (Å²) in [5.41, 5.74) is 5.56. The molecule has 0 N–H and O–H groups in total. The molecule has 8 heteroatoms. The summed E-state index contributed by atoms with van der Waals surface area (Å²) < 4.78 is 26.9. The molecule has 0 aliphatic heterocycles. The topological polar surface area (TPSA) is 74.4 Å². The number of nitrogens with zero attached hydrogens (tertiary/aromatic N) is 5. The highest BCUT2D eigenvalue weighted by Gasteiger charge is 2.16. The van der Waals surface area contributed by atoms with Gasteiger partial charge in [0.1, 0.15) is 17.9 Å². The quantitative estimate of drug-likeness (QED) is 0.485. The maximum Gasteiger partial charge on any atom is 0.316 e. The van der Waals surface area contributed by atoms with Gasteiger partial charge in [-0.15, -0.1) is 10.2 Å². The second-order valence-corrected chi connectivity index (χ2v) is 7.05. The van der Waals surface area contributed by atoms with Gasteiger partial charge in [0.05, 0.1) is 19.9 Å². The molecule has 154 valence electrons. The minimum atomic E-state index is -0.255. The van der Waals surface area contributed by atoms with Crippen LogP contribution in [0.4, 0.5) is 4.39 Å². The standard InChI is InChI=1S/C22H22FN5O2/c1-13-9-19(23)17(20(10-13)29-3)8-6-15-5-7-16(21-27-25-12-28(15)21)18-11-24-22(30-4)26-14(18)2/h5,7,9-12H,6,8H2,1-4H3. The first-order valence-corrected chi connectivity index (χ1v) is 9.54. The Kier molecular flexibility index (Phi) is 5.31. The van der Waals surface area contributed by atoms with Crippen molar-refractivity contribution in [3.63, 3.8) is 0 Å². The van der Waals surface area contributed by atoms with Gasteiger partial charge in [-0.3, -0.25) is 4.40 Å².